The number of thioether (sulfide) groups is 2. The SMILES string of the molecule is Clc1ccccc1C(Sc1ccccc1)Sc1ccccc1. The Kier molecular flexibility index (Phi) is 5.49. The molecular weight excluding hydrogens is 328 g/mol. The molecule has 0 aliphatic heterocycles. The maximum atomic E-state index is 6.42. The normalized spacial score (nSPS) is 10.8. The first-order valence-corrected chi connectivity index (χ1v) is 9.14. The molecule has 0 aliphatic rings. The minimum Gasteiger partial charge on any atom is -0.106 e. The Labute approximate surface area is 144 Å². The van der Waals surface area contributed by atoms with Crippen molar-refractivity contribution in [3.8, 4) is 0 Å². The van der Waals surface area contributed by atoms with Crippen molar-refractivity contribution in [1.82, 2.24) is 0 Å². The van der Waals surface area contributed by atoms with Crippen molar-refractivity contribution >= 4 is 35.1 Å². The van der Waals surface area contributed by atoms with Crippen molar-refractivity contribution in [1.29, 1.82) is 0 Å². The average molecular weight is 343 g/mol. The molecule has 3 aromatic rings. The highest BCUT2D eigenvalue weighted by Crippen LogP contribution is 2.48. The van der Waals surface area contributed by atoms with Gasteiger partial charge in [-0.2, -0.15) is 0 Å². The van der Waals surface area contributed by atoms with E-state index in [1.54, 1.807) is 0 Å². The number of hydrogen-bond donors (Lipinski definition) is 0. The van der Waals surface area contributed by atoms with Gasteiger partial charge in [0.25, 0.3) is 0 Å². The highest BCUT2D eigenvalue weighted by Gasteiger charge is 2.17. The van der Waals surface area contributed by atoms with Crippen molar-refractivity contribution in [2.24, 2.45) is 0 Å². The third kappa shape index (κ3) is 4.10. The van der Waals surface area contributed by atoms with Crippen LogP contribution < -0.4 is 0 Å². The summed E-state index contributed by atoms with van der Waals surface area (Å²) in [4.78, 5) is 2.49. The molecule has 0 bridgehead atoms. The zero-order valence-electron chi connectivity index (χ0n) is 11.9. The summed E-state index contributed by atoms with van der Waals surface area (Å²) in [7, 11) is 0. The lowest BCUT2D eigenvalue weighted by Gasteiger charge is -2.18. The van der Waals surface area contributed by atoms with Crippen LogP contribution in [0.1, 0.15) is 10.1 Å². The van der Waals surface area contributed by atoms with Crippen LogP contribution in [0.5, 0.6) is 0 Å². The van der Waals surface area contributed by atoms with Gasteiger partial charge in [-0.1, -0.05) is 66.2 Å². The molecule has 0 heterocycles. The van der Waals surface area contributed by atoms with Gasteiger partial charge in [0, 0.05) is 14.8 Å². The fourth-order valence-electron chi connectivity index (χ4n) is 2.06. The zero-order chi connectivity index (χ0) is 15.2. The summed E-state index contributed by atoms with van der Waals surface area (Å²) in [6.07, 6.45) is 0. The van der Waals surface area contributed by atoms with Gasteiger partial charge in [-0.25, -0.2) is 0 Å². The smallest absolute Gasteiger partial charge is 0.0859 e. The number of halogens is 1. The molecule has 0 aliphatic carbocycles. The summed E-state index contributed by atoms with van der Waals surface area (Å²) in [6.45, 7) is 0. The second-order valence-corrected chi connectivity index (χ2v) is 7.78. The molecule has 22 heavy (non-hydrogen) atoms. The van der Waals surface area contributed by atoms with Gasteiger partial charge < -0.3 is 0 Å². The van der Waals surface area contributed by atoms with Crippen molar-refractivity contribution in [3.05, 3.63) is 95.5 Å². The fourth-order valence-corrected chi connectivity index (χ4v) is 5.08. The summed E-state index contributed by atoms with van der Waals surface area (Å²) in [5, 5.41) is 0.819. The van der Waals surface area contributed by atoms with E-state index < -0.39 is 0 Å². The molecule has 0 nitrogen and oxygen atoms in total. The number of hydrogen-bond acceptors (Lipinski definition) is 2. The lowest BCUT2D eigenvalue weighted by atomic mass is 10.2. The average Bonchev–Trinajstić information content (AvgIpc) is 2.57. The first-order chi connectivity index (χ1) is 10.8. The molecule has 0 N–H and O–H groups in total. The predicted molar refractivity (Wildman–Crippen MR) is 98.8 cm³/mol. The number of rotatable bonds is 5. The minimum atomic E-state index is 0.221. The van der Waals surface area contributed by atoms with Gasteiger partial charge in [0.2, 0.25) is 0 Å². The Bertz CT molecular complexity index is 672. The molecule has 0 spiro atoms. The Morgan fingerprint density at radius 2 is 1.05 bits per heavy atom. The van der Waals surface area contributed by atoms with Crippen LogP contribution in [-0.2, 0) is 0 Å². The van der Waals surface area contributed by atoms with Crippen molar-refractivity contribution in [3.63, 3.8) is 0 Å². The standard InChI is InChI=1S/C19H15ClS2/c20-18-14-8-7-13-17(18)19(21-15-9-3-1-4-10-15)22-16-11-5-2-6-12-16/h1-14,19H. The van der Waals surface area contributed by atoms with Gasteiger partial charge in [0.05, 0.1) is 4.58 Å². The van der Waals surface area contributed by atoms with Gasteiger partial charge in [-0.3, -0.25) is 0 Å². The molecule has 0 saturated heterocycles. The van der Waals surface area contributed by atoms with E-state index in [4.69, 9.17) is 11.6 Å². The molecule has 3 heteroatoms. The van der Waals surface area contributed by atoms with Crippen LogP contribution in [0.3, 0.4) is 0 Å². The van der Waals surface area contributed by atoms with Crippen molar-refractivity contribution in [2.75, 3.05) is 0 Å². The molecule has 0 atom stereocenters. The van der Waals surface area contributed by atoms with Gasteiger partial charge >= 0.3 is 0 Å². The molecule has 0 fully saturated rings. The van der Waals surface area contributed by atoms with Crippen LogP contribution in [0.4, 0.5) is 0 Å². The molecule has 0 amide bonds. The van der Waals surface area contributed by atoms with Gasteiger partial charge in [0.15, 0.2) is 0 Å². The van der Waals surface area contributed by atoms with Crippen LogP contribution in [0.25, 0.3) is 0 Å². The monoisotopic (exact) mass is 342 g/mol. The molecule has 0 unspecified atom stereocenters. The summed E-state index contributed by atoms with van der Waals surface area (Å²) in [5.41, 5.74) is 1.16. The Morgan fingerprint density at radius 3 is 1.55 bits per heavy atom. The van der Waals surface area contributed by atoms with E-state index in [-0.39, 0.29) is 4.58 Å². The first-order valence-electron chi connectivity index (χ1n) is 7.01. The quantitative estimate of drug-likeness (QED) is 0.364. The highest BCUT2D eigenvalue weighted by molar-refractivity contribution is 8.16. The zero-order valence-corrected chi connectivity index (χ0v) is 14.2. The molecule has 0 radical (unpaired) electrons. The van der Waals surface area contributed by atoms with Crippen LogP contribution in [0, 0.1) is 0 Å². The van der Waals surface area contributed by atoms with Gasteiger partial charge in [-0.05, 0) is 35.9 Å². The van der Waals surface area contributed by atoms with Crippen molar-refractivity contribution < 1.29 is 0 Å². The molecule has 3 aromatic carbocycles. The predicted octanol–water partition coefficient (Wildman–Crippen LogP) is 6.92. The summed E-state index contributed by atoms with van der Waals surface area (Å²) < 4.78 is 0.221. The fraction of sp³-hybridized carbons (Fsp3) is 0.0526. The third-order valence-electron chi connectivity index (χ3n) is 3.13. The second-order valence-electron chi connectivity index (χ2n) is 4.72. The summed E-state index contributed by atoms with van der Waals surface area (Å²) >= 11 is 10.1. The molecule has 110 valence electrons. The van der Waals surface area contributed by atoms with E-state index >= 15 is 0 Å². The minimum absolute atomic E-state index is 0.221. The number of benzene rings is 3. The Hall–Kier alpha value is -1.35. The Balaban J connectivity index is 1.90. The highest BCUT2D eigenvalue weighted by atomic mass is 35.5. The van der Waals surface area contributed by atoms with Gasteiger partial charge in [-0.15, -0.1) is 23.5 Å². The van der Waals surface area contributed by atoms with Crippen LogP contribution in [0.2, 0.25) is 5.02 Å². The molecule has 0 aromatic heterocycles. The van der Waals surface area contributed by atoms with Crippen LogP contribution >= 0.6 is 35.1 Å². The van der Waals surface area contributed by atoms with Crippen molar-refractivity contribution in [2.45, 2.75) is 14.4 Å². The maximum absolute atomic E-state index is 6.42. The van der Waals surface area contributed by atoms with Gasteiger partial charge in [0.1, 0.15) is 0 Å². The van der Waals surface area contributed by atoms with E-state index in [9.17, 15) is 0 Å². The topological polar surface area (TPSA) is 0 Å². The largest absolute Gasteiger partial charge is 0.106 e. The van der Waals surface area contributed by atoms with E-state index in [0.29, 0.717) is 0 Å². The molecule has 3 rings (SSSR count). The van der Waals surface area contributed by atoms with Crippen LogP contribution in [0.15, 0.2) is 94.7 Å². The first kappa shape index (κ1) is 15.5. The third-order valence-corrected chi connectivity index (χ3v) is 6.08. The van der Waals surface area contributed by atoms with E-state index in [2.05, 4.69) is 54.6 Å². The summed E-state index contributed by atoms with van der Waals surface area (Å²) in [5.74, 6) is 0. The Morgan fingerprint density at radius 1 is 0.591 bits per heavy atom. The lowest BCUT2D eigenvalue weighted by molar-refractivity contribution is 1.33. The molecule has 0 saturated carbocycles. The van der Waals surface area contributed by atoms with Crippen LogP contribution in [-0.4, -0.2) is 0 Å². The van der Waals surface area contributed by atoms with E-state index in [0.717, 1.165) is 10.6 Å². The maximum Gasteiger partial charge on any atom is 0.0859 e. The summed E-state index contributed by atoms with van der Waals surface area (Å²) in [6, 6.07) is 29.0. The molecular formula is C19H15ClS2. The second kappa shape index (κ2) is 7.77. The lowest BCUT2D eigenvalue weighted by Crippen LogP contribution is -1.91. The van der Waals surface area contributed by atoms with E-state index in [1.165, 1.54) is 9.79 Å². The van der Waals surface area contributed by atoms with E-state index in [1.807, 2.05) is 53.9 Å².